The third-order valence-corrected chi connectivity index (χ3v) is 4.91. The van der Waals surface area contributed by atoms with E-state index >= 15 is 0 Å². The highest BCUT2D eigenvalue weighted by atomic mass is 35.5. The van der Waals surface area contributed by atoms with Crippen LogP contribution in [0.25, 0.3) is 10.6 Å². The zero-order valence-electron chi connectivity index (χ0n) is 13.7. The summed E-state index contributed by atoms with van der Waals surface area (Å²) in [7, 11) is 0. The number of rotatable bonds is 5. The Morgan fingerprint density at radius 1 is 1.33 bits per heavy atom. The van der Waals surface area contributed by atoms with Gasteiger partial charge >= 0.3 is 0 Å². The number of halogens is 1. The number of aryl methyl sites for hydroxylation is 1. The molecule has 2 heterocycles. The van der Waals surface area contributed by atoms with Crippen molar-refractivity contribution in [1.29, 1.82) is 0 Å². The van der Waals surface area contributed by atoms with Gasteiger partial charge in [-0.3, -0.25) is 9.69 Å². The fourth-order valence-electron chi connectivity index (χ4n) is 2.67. The standard InChI is InChI=1S/C17H22N4OS.ClH/c1-13-4-2-3-5-14(13)17-20-15(12-23-17)16(22)19-8-11-21-9-6-18-7-10-21;/h2-5,12,18H,6-11H2,1H3,(H,19,22);1H. The van der Waals surface area contributed by atoms with Gasteiger partial charge in [-0.1, -0.05) is 24.3 Å². The van der Waals surface area contributed by atoms with Gasteiger partial charge in [-0.05, 0) is 12.5 Å². The minimum atomic E-state index is -0.0868. The summed E-state index contributed by atoms with van der Waals surface area (Å²) >= 11 is 1.52. The zero-order valence-corrected chi connectivity index (χ0v) is 15.4. The highest BCUT2D eigenvalue weighted by molar-refractivity contribution is 7.13. The molecule has 1 aliphatic heterocycles. The zero-order chi connectivity index (χ0) is 16.1. The van der Waals surface area contributed by atoms with Crippen LogP contribution in [0.4, 0.5) is 0 Å². The molecule has 0 saturated carbocycles. The Hall–Kier alpha value is -1.47. The van der Waals surface area contributed by atoms with Crippen molar-refractivity contribution in [1.82, 2.24) is 20.5 Å². The Bertz CT molecular complexity index is 670. The number of thiazole rings is 1. The molecule has 0 atom stereocenters. The molecule has 1 amide bonds. The molecular weight excluding hydrogens is 344 g/mol. The maximum atomic E-state index is 12.2. The molecule has 0 unspecified atom stereocenters. The minimum absolute atomic E-state index is 0. The number of hydrogen-bond donors (Lipinski definition) is 2. The van der Waals surface area contributed by atoms with Gasteiger partial charge in [0.2, 0.25) is 0 Å². The molecule has 1 saturated heterocycles. The van der Waals surface area contributed by atoms with E-state index in [9.17, 15) is 4.79 Å². The lowest BCUT2D eigenvalue weighted by molar-refractivity contribution is 0.0943. The molecule has 0 radical (unpaired) electrons. The van der Waals surface area contributed by atoms with Crippen LogP contribution in [-0.4, -0.2) is 55.1 Å². The van der Waals surface area contributed by atoms with Crippen LogP contribution >= 0.6 is 23.7 Å². The van der Waals surface area contributed by atoms with Gasteiger partial charge in [-0.25, -0.2) is 4.98 Å². The SMILES string of the molecule is Cc1ccccc1-c1nc(C(=O)NCCN2CCNCC2)cs1.Cl. The predicted octanol–water partition coefficient (Wildman–Crippen LogP) is 2.18. The second-order valence-corrected chi connectivity index (χ2v) is 6.56. The number of carbonyl (C=O) groups excluding carboxylic acids is 1. The summed E-state index contributed by atoms with van der Waals surface area (Å²) in [6.45, 7) is 7.76. The Morgan fingerprint density at radius 2 is 2.08 bits per heavy atom. The molecular formula is C17H23ClN4OS. The lowest BCUT2D eigenvalue weighted by Gasteiger charge is -2.26. The van der Waals surface area contributed by atoms with E-state index in [1.54, 1.807) is 0 Å². The molecule has 3 rings (SSSR count). The number of nitrogens with zero attached hydrogens (tertiary/aromatic N) is 2. The smallest absolute Gasteiger partial charge is 0.270 e. The molecule has 24 heavy (non-hydrogen) atoms. The quantitative estimate of drug-likeness (QED) is 0.851. The van der Waals surface area contributed by atoms with Crippen LogP contribution in [0.5, 0.6) is 0 Å². The van der Waals surface area contributed by atoms with E-state index in [-0.39, 0.29) is 18.3 Å². The van der Waals surface area contributed by atoms with Crippen molar-refractivity contribution in [3.8, 4) is 10.6 Å². The van der Waals surface area contributed by atoms with E-state index in [0.29, 0.717) is 12.2 Å². The molecule has 0 spiro atoms. The van der Waals surface area contributed by atoms with Crippen molar-refractivity contribution in [3.63, 3.8) is 0 Å². The topological polar surface area (TPSA) is 57.3 Å². The molecule has 0 bridgehead atoms. The summed E-state index contributed by atoms with van der Waals surface area (Å²) in [6, 6.07) is 8.11. The van der Waals surface area contributed by atoms with E-state index in [4.69, 9.17) is 0 Å². The Balaban J connectivity index is 0.00000208. The molecule has 1 aromatic heterocycles. The third kappa shape index (κ3) is 4.77. The molecule has 5 nitrogen and oxygen atoms in total. The number of piperazine rings is 1. The molecule has 2 aromatic rings. The number of benzene rings is 1. The Morgan fingerprint density at radius 3 is 2.83 bits per heavy atom. The highest BCUT2D eigenvalue weighted by Gasteiger charge is 2.14. The summed E-state index contributed by atoms with van der Waals surface area (Å²) in [5.74, 6) is -0.0868. The summed E-state index contributed by atoms with van der Waals surface area (Å²) in [6.07, 6.45) is 0. The summed E-state index contributed by atoms with van der Waals surface area (Å²) < 4.78 is 0. The minimum Gasteiger partial charge on any atom is -0.349 e. The Kier molecular flexibility index (Phi) is 7.17. The molecule has 0 aliphatic carbocycles. The number of hydrogen-bond acceptors (Lipinski definition) is 5. The molecule has 2 N–H and O–H groups in total. The number of aromatic nitrogens is 1. The van der Waals surface area contributed by atoms with Crippen molar-refractivity contribution in [3.05, 3.63) is 40.9 Å². The lowest BCUT2D eigenvalue weighted by Crippen LogP contribution is -2.46. The first-order valence-corrected chi connectivity index (χ1v) is 8.85. The van der Waals surface area contributed by atoms with E-state index in [0.717, 1.165) is 43.3 Å². The average molecular weight is 367 g/mol. The van der Waals surface area contributed by atoms with Crippen molar-refractivity contribution < 1.29 is 4.79 Å². The van der Waals surface area contributed by atoms with Gasteiger partial charge < -0.3 is 10.6 Å². The second kappa shape index (κ2) is 9.13. The van der Waals surface area contributed by atoms with E-state index < -0.39 is 0 Å². The van der Waals surface area contributed by atoms with Crippen LogP contribution < -0.4 is 10.6 Å². The molecule has 130 valence electrons. The van der Waals surface area contributed by atoms with E-state index in [1.807, 2.05) is 23.6 Å². The van der Waals surface area contributed by atoms with Crippen molar-refractivity contribution in [2.45, 2.75) is 6.92 Å². The summed E-state index contributed by atoms with van der Waals surface area (Å²) in [4.78, 5) is 19.1. The van der Waals surface area contributed by atoms with Crippen LogP contribution in [0, 0.1) is 6.92 Å². The normalized spacial score (nSPS) is 14.9. The van der Waals surface area contributed by atoms with Gasteiger partial charge in [0.25, 0.3) is 5.91 Å². The first kappa shape index (κ1) is 18.9. The van der Waals surface area contributed by atoms with Crippen LogP contribution in [0.15, 0.2) is 29.6 Å². The van der Waals surface area contributed by atoms with E-state index in [2.05, 4.69) is 33.5 Å². The van der Waals surface area contributed by atoms with Crippen molar-refractivity contribution >= 4 is 29.7 Å². The summed E-state index contributed by atoms with van der Waals surface area (Å²) in [5.41, 5.74) is 2.78. The summed E-state index contributed by atoms with van der Waals surface area (Å²) in [5, 5.41) is 9.03. The first-order chi connectivity index (χ1) is 11.2. The Labute approximate surface area is 152 Å². The van der Waals surface area contributed by atoms with Gasteiger partial charge in [-0.2, -0.15) is 0 Å². The lowest BCUT2D eigenvalue weighted by atomic mass is 10.1. The van der Waals surface area contributed by atoms with Crippen molar-refractivity contribution in [2.75, 3.05) is 39.3 Å². The number of nitrogens with one attached hydrogen (secondary N) is 2. The van der Waals surface area contributed by atoms with Crippen LogP contribution in [0.1, 0.15) is 16.1 Å². The first-order valence-electron chi connectivity index (χ1n) is 7.97. The van der Waals surface area contributed by atoms with E-state index in [1.165, 1.54) is 16.9 Å². The van der Waals surface area contributed by atoms with Crippen LogP contribution in [0.3, 0.4) is 0 Å². The maximum Gasteiger partial charge on any atom is 0.270 e. The van der Waals surface area contributed by atoms with Gasteiger partial charge in [0.15, 0.2) is 0 Å². The van der Waals surface area contributed by atoms with Gasteiger partial charge in [-0.15, -0.1) is 23.7 Å². The van der Waals surface area contributed by atoms with Gasteiger partial charge in [0.1, 0.15) is 10.7 Å². The van der Waals surface area contributed by atoms with Gasteiger partial charge in [0, 0.05) is 50.2 Å². The monoisotopic (exact) mass is 366 g/mol. The number of carbonyl (C=O) groups is 1. The number of amides is 1. The molecule has 1 aliphatic rings. The molecule has 7 heteroatoms. The average Bonchev–Trinajstić information content (AvgIpc) is 3.06. The fourth-order valence-corrected chi connectivity index (χ4v) is 3.56. The maximum absolute atomic E-state index is 12.2. The van der Waals surface area contributed by atoms with Crippen LogP contribution in [0.2, 0.25) is 0 Å². The molecule has 1 fully saturated rings. The fraction of sp³-hybridized carbons (Fsp3) is 0.412. The molecule has 1 aromatic carbocycles. The van der Waals surface area contributed by atoms with Crippen molar-refractivity contribution in [2.24, 2.45) is 0 Å². The highest BCUT2D eigenvalue weighted by Crippen LogP contribution is 2.26. The second-order valence-electron chi connectivity index (χ2n) is 5.70. The third-order valence-electron chi connectivity index (χ3n) is 4.04. The van der Waals surface area contributed by atoms with Gasteiger partial charge in [0.05, 0.1) is 0 Å². The largest absolute Gasteiger partial charge is 0.349 e. The van der Waals surface area contributed by atoms with Crippen LogP contribution in [-0.2, 0) is 0 Å². The predicted molar refractivity (Wildman–Crippen MR) is 101 cm³/mol.